The fourth-order valence-electron chi connectivity index (χ4n) is 5.01. The van der Waals surface area contributed by atoms with Gasteiger partial charge in [0.1, 0.15) is 0 Å². The number of rotatable bonds is 4. The Hall–Kier alpha value is -1.27. The summed E-state index contributed by atoms with van der Waals surface area (Å²) in [5, 5.41) is 4.80. The third kappa shape index (κ3) is 3.22. The van der Waals surface area contributed by atoms with Crippen LogP contribution in [-0.4, -0.2) is 30.1 Å². The standard InChI is InChI=1S/C15H21F3N2O2/c16-15(17,18)13(22)19-2-1-12(21)20-14-6-9-3-10(7-14)5-11(4-9)8-14/h9-11H,1-8H2,(H,19,22)(H,20,21). The summed E-state index contributed by atoms with van der Waals surface area (Å²) in [5.41, 5.74) is -0.139. The van der Waals surface area contributed by atoms with Crippen LogP contribution in [-0.2, 0) is 9.59 Å². The van der Waals surface area contributed by atoms with Crippen molar-refractivity contribution in [2.75, 3.05) is 6.54 Å². The highest BCUT2D eigenvalue weighted by molar-refractivity contribution is 5.82. The van der Waals surface area contributed by atoms with Crippen LogP contribution < -0.4 is 10.6 Å². The van der Waals surface area contributed by atoms with Crippen LogP contribution in [0, 0.1) is 17.8 Å². The van der Waals surface area contributed by atoms with Crippen molar-refractivity contribution in [2.24, 2.45) is 17.8 Å². The highest BCUT2D eigenvalue weighted by Crippen LogP contribution is 2.55. The molecular formula is C15H21F3N2O2. The van der Waals surface area contributed by atoms with Crippen molar-refractivity contribution < 1.29 is 22.8 Å². The molecule has 7 heteroatoms. The molecule has 0 heterocycles. The molecule has 4 saturated carbocycles. The SMILES string of the molecule is O=C(CCNC(=O)C(F)(F)F)NC12CC3CC(CC(C3)C1)C2. The minimum atomic E-state index is -4.89. The summed E-state index contributed by atoms with van der Waals surface area (Å²) < 4.78 is 36.1. The molecule has 4 bridgehead atoms. The second-order valence-corrected chi connectivity index (χ2v) is 7.25. The van der Waals surface area contributed by atoms with Crippen molar-refractivity contribution in [3.63, 3.8) is 0 Å². The van der Waals surface area contributed by atoms with E-state index in [0.717, 1.165) is 19.3 Å². The predicted octanol–water partition coefficient (Wildman–Crippen LogP) is 2.14. The van der Waals surface area contributed by atoms with Crippen LogP contribution >= 0.6 is 0 Å². The highest BCUT2D eigenvalue weighted by Gasteiger charge is 2.51. The normalized spacial score (nSPS) is 36.2. The number of nitrogens with one attached hydrogen (secondary N) is 2. The van der Waals surface area contributed by atoms with E-state index in [1.54, 1.807) is 5.32 Å². The molecule has 22 heavy (non-hydrogen) atoms. The first-order valence-electron chi connectivity index (χ1n) is 7.92. The first kappa shape index (κ1) is 15.6. The molecule has 0 aromatic heterocycles. The first-order valence-corrected chi connectivity index (χ1v) is 7.92. The lowest BCUT2D eigenvalue weighted by atomic mass is 9.53. The lowest BCUT2D eigenvalue weighted by molar-refractivity contribution is -0.173. The molecule has 4 rings (SSSR count). The summed E-state index contributed by atoms with van der Waals surface area (Å²) in [5.74, 6) is -0.177. The van der Waals surface area contributed by atoms with E-state index in [-0.39, 0.29) is 24.4 Å². The largest absolute Gasteiger partial charge is 0.471 e. The van der Waals surface area contributed by atoms with E-state index in [0.29, 0.717) is 17.8 Å². The average molecular weight is 318 g/mol. The van der Waals surface area contributed by atoms with Crippen molar-refractivity contribution in [1.82, 2.24) is 10.6 Å². The molecule has 0 saturated heterocycles. The van der Waals surface area contributed by atoms with Crippen molar-refractivity contribution in [1.29, 1.82) is 0 Å². The Balaban J connectivity index is 1.47. The molecule has 4 fully saturated rings. The highest BCUT2D eigenvalue weighted by atomic mass is 19.4. The molecule has 0 atom stereocenters. The van der Waals surface area contributed by atoms with Gasteiger partial charge in [0.25, 0.3) is 0 Å². The summed E-state index contributed by atoms with van der Waals surface area (Å²) in [6, 6.07) is 0. The fourth-order valence-corrected chi connectivity index (χ4v) is 5.01. The Labute approximate surface area is 127 Å². The van der Waals surface area contributed by atoms with Gasteiger partial charge in [0.2, 0.25) is 5.91 Å². The fraction of sp³-hybridized carbons (Fsp3) is 0.867. The zero-order valence-corrected chi connectivity index (χ0v) is 12.3. The maximum atomic E-state index is 12.0. The van der Waals surface area contributed by atoms with E-state index in [1.165, 1.54) is 19.3 Å². The van der Waals surface area contributed by atoms with Crippen LogP contribution in [0.5, 0.6) is 0 Å². The number of hydrogen-bond acceptors (Lipinski definition) is 2. The van der Waals surface area contributed by atoms with Crippen LogP contribution in [0.15, 0.2) is 0 Å². The molecule has 0 unspecified atom stereocenters. The van der Waals surface area contributed by atoms with Gasteiger partial charge >= 0.3 is 12.1 Å². The molecule has 4 aliphatic carbocycles. The van der Waals surface area contributed by atoms with E-state index in [4.69, 9.17) is 0 Å². The van der Waals surface area contributed by atoms with Crippen molar-refractivity contribution in [3.05, 3.63) is 0 Å². The van der Waals surface area contributed by atoms with Gasteiger partial charge in [-0.05, 0) is 56.3 Å². The molecule has 0 radical (unpaired) electrons. The van der Waals surface area contributed by atoms with Crippen LogP contribution in [0.3, 0.4) is 0 Å². The number of hydrogen-bond donors (Lipinski definition) is 2. The molecule has 124 valence electrons. The topological polar surface area (TPSA) is 58.2 Å². The van der Waals surface area contributed by atoms with Gasteiger partial charge in [-0.1, -0.05) is 0 Å². The van der Waals surface area contributed by atoms with Gasteiger partial charge in [-0.2, -0.15) is 13.2 Å². The lowest BCUT2D eigenvalue weighted by Gasteiger charge is -2.56. The first-order chi connectivity index (χ1) is 10.3. The maximum Gasteiger partial charge on any atom is 0.471 e. The molecular weight excluding hydrogens is 297 g/mol. The zero-order chi connectivity index (χ0) is 16.0. The number of carbonyl (C=O) groups is 2. The molecule has 0 aromatic carbocycles. The third-order valence-electron chi connectivity index (χ3n) is 5.34. The lowest BCUT2D eigenvalue weighted by Crippen LogP contribution is -2.60. The Kier molecular flexibility index (Phi) is 3.85. The number of alkyl halides is 3. The number of halogens is 3. The van der Waals surface area contributed by atoms with E-state index >= 15 is 0 Å². The molecule has 4 aliphatic rings. The van der Waals surface area contributed by atoms with E-state index in [9.17, 15) is 22.8 Å². The zero-order valence-electron chi connectivity index (χ0n) is 12.3. The quantitative estimate of drug-likeness (QED) is 0.834. The molecule has 0 aromatic rings. The van der Waals surface area contributed by atoms with Crippen LogP contribution in [0.4, 0.5) is 13.2 Å². The summed E-state index contributed by atoms with van der Waals surface area (Å²) in [6.07, 6.45) is 1.78. The second-order valence-electron chi connectivity index (χ2n) is 7.25. The molecule has 0 aliphatic heterocycles. The summed E-state index contributed by atoms with van der Waals surface area (Å²) in [4.78, 5) is 22.7. The minimum Gasteiger partial charge on any atom is -0.351 e. The Bertz CT molecular complexity index is 441. The van der Waals surface area contributed by atoms with Gasteiger partial charge < -0.3 is 10.6 Å². The van der Waals surface area contributed by atoms with Crippen LogP contribution in [0.2, 0.25) is 0 Å². The maximum absolute atomic E-state index is 12.0. The molecule has 0 spiro atoms. The Morgan fingerprint density at radius 2 is 1.50 bits per heavy atom. The van der Waals surface area contributed by atoms with E-state index in [2.05, 4.69) is 5.32 Å². The summed E-state index contributed by atoms with van der Waals surface area (Å²) in [7, 11) is 0. The van der Waals surface area contributed by atoms with Gasteiger partial charge in [-0.3, -0.25) is 9.59 Å². The molecule has 2 N–H and O–H groups in total. The van der Waals surface area contributed by atoms with Crippen molar-refractivity contribution in [2.45, 2.75) is 56.7 Å². The van der Waals surface area contributed by atoms with Gasteiger partial charge in [0.05, 0.1) is 0 Å². The summed E-state index contributed by atoms with van der Waals surface area (Å²) >= 11 is 0. The number of amides is 2. The van der Waals surface area contributed by atoms with Crippen molar-refractivity contribution in [3.8, 4) is 0 Å². The average Bonchev–Trinajstić information content (AvgIpc) is 2.34. The monoisotopic (exact) mass is 318 g/mol. The van der Waals surface area contributed by atoms with Gasteiger partial charge in [0, 0.05) is 18.5 Å². The van der Waals surface area contributed by atoms with E-state index in [1.807, 2.05) is 0 Å². The minimum absolute atomic E-state index is 0.108. The molecule has 4 nitrogen and oxygen atoms in total. The third-order valence-corrected chi connectivity index (χ3v) is 5.34. The van der Waals surface area contributed by atoms with Gasteiger partial charge in [-0.15, -0.1) is 0 Å². The second kappa shape index (κ2) is 5.42. The Morgan fingerprint density at radius 3 is 1.95 bits per heavy atom. The smallest absolute Gasteiger partial charge is 0.351 e. The summed E-state index contributed by atoms with van der Waals surface area (Å²) in [6.45, 7) is -0.281. The van der Waals surface area contributed by atoms with Crippen LogP contribution in [0.1, 0.15) is 44.9 Å². The Morgan fingerprint density at radius 1 is 1.00 bits per heavy atom. The van der Waals surface area contributed by atoms with Gasteiger partial charge in [0.15, 0.2) is 0 Å². The van der Waals surface area contributed by atoms with Crippen molar-refractivity contribution >= 4 is 11.8 Å². The van der Waals surface area contributed by atoms with Crippen LogP contribution in [0.25, 0.3) is 0 Å². The van der Waals surface area contributed by atoms with E-state index < -0.39 is 12.1 Å². The predicted molar refractivity (Wildman–Crippen MR) is 72.7 cm³/mol. The van der Waals surface area contributed by atoms with Gasteiger partial charge in [-0.25, -0.2) is 0 Å². The number of carbonyl (C=O) groups excluding carboxylic acids is 2. The molecule has 2 amide bonds.